The zero-order valence-electron chi connectivity index (χ0n) is 11.9. The molecule has 8 nitrogen and oxygen atoms in total. The molecule has 0 saturated heterocycles. The lowest BCUT2D eigenvalue weighted by molar-refractivity contribution is -0.144. The average Bonchev–Trinajstić information content (AvgIpc) is 2.94. The molecule has 1 aliphatic rings. The highest BCUT2D eigenvalue weighted by atomic mass is 16.4. The van der Waals surface area contributed by atoms with Gasteiger partial charge in [-0.25, -0.2) is 0 Å². The molecule has 0 spiro atoms. The molecule has 1 aliphatic carbocycles. The number of aliphatic carboxylic acids is 1. The first-order valence-corrected chi connectivity index (χ1v) is 7.23. The van der Waals surface area contributed by atoms with Gasteiger partial charge in [-0.15, -0.1) is 5.10 Å². The van der Waals surface area contributed by atoms with Crippen molar-refractivity contribution in [1.82, 2.24) is 20.3 Å². The van der Waals surface area contributed by atoms with Gasteiger partial charge >= 0.3 is 5.97 Å². The van der Waals surface area contributed by atoms with Crippen molar-refractivity contribution in [1.29, 1.82) is 0 Å². The molecule has 0 bridgehead atoms. The molecule has 0 aromatic carbocycles. The minimum Gasteiger partial charge on any atom is -0.481 e. The van der Waals surface area contributed by atoms with Gasteiger partial charge in [0.1, 0.15) is 0 Å². The van der Waals surface area contributed by atoms with Crippen LogP contribution in [0.4, 0.5) is 0 Å². The zero-order chi connectivity index (χ0) is 15.2. The normalized spacial score (nSPS) is 22.0. The first kappa shape index (κ1) is 15.4. The van der Waals surface area contributed by atoms with E-state index in [1.807, 2.05) is 0 Å². The van der Waals surface area contributed by atoms with Gasteiger partial charge in [0.15, 0.2) is 5.69 Å². The fourth-order valence-corrected chi connectivity index (χ4v) is 2.74. The van der Waals surface area contributed by atoms with Crippen LogP contribution in [0.2, 0.25) is 0 Å². The number of hydrogen-bond acceptors (Lipinski definition) is 5. The van der Waals surface area contributed by atoms with Crippen molar-refractivity contribution in [3.05, 3.63) is 11.9 Å². The van der Waals surface area contributed by atoms with Gasteiger partial charge in [-0.1, -0.05) is 18.1 Å². The number of nitrogens with one attached hydrogen (secondary N) is 1. The molecule has 0 aliphatic heterocycles. The van der Waals surface area contributed by atoms with E-state index in [0.717, 1.165) is 19.3 Å². The summed E-state index contributed by atoms with van der Waals surface area (Å²) in [6.07, 6.45) is 5.00. The quantitative estimate of drug-likeness (QED) is 0.671. The van der Waals surface area contributed by atoms with Gasteiger partial charge in [-0.2, -0.15) is 0 Å². The maximum absolute atomic E-state index is 12.0. The van der Waals surface area contributed by atoms with Crippen LogP contribution >= 0.6 is 0 Å². The topological polar surface area (TPSA) is 123 Å². The lowest BCUT2D eigenvalue weighted by Gasteiger charge is -2.28. The van der Waals surface area contributed by atoms with Crippen LogP contribution in [0, 0.1) is 11.8 Å². The Morgan fingerprint density at radius 2 is 2.19 bits per heavy atom. The van der Waals surface area contributed by atoms with Gasteiger partial charge in [-0.05, 0) is 18.8 Å². The predicted molar refractivity (Wildman–Crippen MR) is 74.5 cm³/mol. The summed E-state index contributed by atoms with van der Waals surface area (Å²) < 4.78 is 1.51. The summed E-state index contributed by atoms with van der Waals surface area (Å²) in [5.74, 6) is -1.48. The second kappa shape index (κ2) is 7.16. The molecule has 2 unspecified atom stereocenters. The fourth-order valence-electron chi connectivity index (χ4n) is 2.74. The van der Waals surface area contributed by atoms with E-state index in [-0.39, 0.29) is 23.4 Å². The molecule has 1 amide bonds. The highest BCUT2D eigenvalue weighted by molar-refractivity contribution is 5.91. The Hall–Kier alpha value is -1.96. The van der Waals surface area contributed by atoms with Gasteiger partial charge in [-0.3, -0.25) is 14.3 Å². The van der Waals surface area contributed by atoms with E-state index in [2.05, 4.69) is 15.6 Å². The number of carbonyl (C=O) groups excluding carboxylic acids is 1. The number of aromatic nitrogens is 3. The molecule has 1 aromatic rings. The zero-order valence-corrected chi connectivity index (χ0v) is 11.9. The number of rotatable bonds is 6. The maximum atomic E-state index is 12.0. The van der Waals surface area contributed by atoms with Crippen molar-refractivity contribution in [2.75, 3.05) is 13.1 Å². The van der Waals surface area contributed by atoms with Gasteiger partial charge in [0.25, 0.3) is 5.91 Å². The van der Waals surface area contributed by atoms with Crippen molar-refractivity contribution in [2.24, 2.45) is 17.6 Å². The van der Waals surface area contributed by atoms with E-state index in [1.54, 1.807) is 0 Å². The third kappa shape index (κ3) is 4.01. The first-order chi connectivity index (χ1) is 10.1. The molecule has 1 fully saturated rings. The smallest absolute Gasteiger partial charge is 0.306 e. The summed E-state index contributed by atoms with van der Waals surface area (Å²) >= 11 is 0. The number of amides is 1. The SMILES string of the molecule is NCCn1cc(C(=O)NCC2CCCCC2C(=O)O)nn1. The van der Waals surface area contributed by atoms with E-state index in [9.17, 15) is 14.7 Å². The number of nitrogens with two attached hydrogens (primary N) is 1. The second-order valence-corrected chi connectivity index (χ2v) is 5.35. The number of hydrogen-bond donors (Lipinski definition) is 3. The molecule has 1 aromatic heterocycles. The van der Waals surface area contributed by atoms with Crippen LogP contribution in [-0.4, -0.2) is 45.1 Å². The molecule has 116 valence electrons. The number of carboxylic acid groups (broad SMARTS) is 1. The van der Waals surface area contributed by atoms with Crippen LogP contribution in [-0.2, 0) is 11.3 Å². The van der Waals surface area contributed by atoms with Crippen LogP contribution in [0.1, 0.15) is 36.2 Å². The van der Waals surface area contributed by atoms with Gasteiger partial charge in [0, 0.05) is 13.1 Å². The highest BCUT2D eigenvalue weighted by Gasteiger charge is 2.31. The van der Waals surface area contributed by atoms with E-state index in [1.165, 1.54) is 10.9 Å². The third-order valence-electron chi connectivity index (χ3n) is 3.88. The average molecular weight is 295 g/mol. The Bertz CT molecular complexity index is 502. The van der Waals surface area contributed by atoms with Crippen LogP contribution < -0.4 is 11.1 Å². The molecular weight excluding hydrogens is 274 g/mol. The number of nitrogens with zero attached hydrogens (tertiary/aromatic N) is 3. The molecule has 2 rings (SSSR count). The maximum Gasteiger partial charge on any atom is 0.306 e. The summed E-state index contributed by atoms with van der Waals surface area (Å²) in [6, 6.07) is 0. The minimum atomic E-state index is -0.775. The third-order valence-corrected chi connectivity index (χ3v) is 3.88. The van der Waals surface area contributed by atoms with Crippen molar-refractivity contribution in [3.63, 3.8) is 0 Å². The van der Waals surface area contributed by atoms with E-state index < -0.39 is 5.97 Å². The molecule has 21 heavy (non-hydrogen) atoms. The molecule has 8 heteroatoms. The first-order valence-electron chi connectivity index (χ1n) is 7.23. The monoisotopic (exact) mass is 295 g/mol. The van der Waals surface area contributed by atoms with Crippen LogP contribution in [0.5, 0.6) is 0 Å². The summed E-state index contributed by atoms with van der Waals surface area (Å²) in [6.45, 7) is 1.29. The van der Waals surface area contributed by atoms with Gasteiger partial charge in [0.05, 0.1) is 18.7 Å². The van der Waals surface area contributed by atoms with Crippen molar-refractivity contribution < 1.29 is 14.7 Å². The van der Waals surface area contributed by atoms with E-state index in [4.69, 9.17) is 5.73 Å². The molecule has 0 radical (unpaired) electrons. The van der Waals surface area contributed by atoms with Gasteiger partial charge in [0.2, 0.25) is 0 Å². The predicted octanol–water partition coefficient (Wildman–Crippen LogP) is -0.142. The molecule has 1 heterocycles. The summed E-state index contributed by atoms with van der Waals surface area (Å²) in [7, 11) is 0. The Labute approximate surface area is 122 Å². The lowest BCUT2D eigenvalue weighted by Crippen LogP contribution is -2.37. The lowest BCUT2D eigenvalue weighted by atomic mass is 9.79. The minimum absolute atomic E-state index is 0.0145. The van der Waals surface area contributed by atoms with Crippen LogP contribution in [0.15, 0.2) is 6.20 Å². The number of carbonyl (C=O) groups is 2. The Morgan fingerprint density at radius 1 is 1.43 bits per heavy atom. The van der Waals surface area contributed by atoms with Crippen LogP contribution in [0.3, 0.4) is 0 Å². The standard InChI is InChI=1S/C13H21N5O3/c14-5-6-18-8-11(16-17-18)12(19)15-7-9-3-1-2-4-10(9)13(20)21/h8-10H,1-7,14H2,(H,15,19)(H,20,21). The van der Waals surface area contributed by atoms with Crippen molar-refractivity contribution in [3.8, 4) is 0 Å². The summed E-state index contributed by atoms with van der Waals surface area (Å²) in [5.41, 5.74) is 5.63. The highest BCUT2D eigenvalue weighted by Crippen LogP contribution is 2.29. The Morgan fingerprint density at radius 3 is 2.90 bits per heavy atom. The Balaban J connectivity index is 1.88. The summed E-state index contributed by atoms with van der Waals surface area (Å²) in [5, 5.41) is 19.5. The van der Waals surface area contributed by atoms with Crippen LogP contribution in [0.25, 0.3) is 0 Å². The van der Waals surface area contributed by atoms with Crippen molar-refractivity contribution in [2.45, 2.75) is 32.2 Å². The summed E-state index contributed by atoms with van der Waals surface area (Å²) in [4.78, 5) is 23.2. The van der Waals surface area contributed by atoms with E-state index in [0.29, 0.717) is 26.1 Å². The number of carboxylic acids is 1. The fraction of sp³-hybridized carbons (Fsp3) is 0.692. The molecule has 1 saturated carbocycles. The van der Waals surface area contributed by atoms with Gasteiger partial charge < -0.3 is 16.2 Å². The van der Waals surface area contributed by atoms with Crippen molar-refractivity contribution >= 4 is 11.9 Å². The Kier molecular flexibility index (Phi) is 5.26. The second-order valence-electron chi connectivity index (χ2n) is 5.35. The molecule has 2 atom stereocenters. The van der Waals surface area contributed by atoms with E-state index >= 15 is 0 Å². The molecular formula is C13H21N5O3. The molecule has 4 N–H and O–H groups in total. The largest absolute Gasteiger partial charge is 0.481 e.